The van der Waals surface area contributed by atoms with Gasteiger partial charge in [0.15, 0.2) is 0 Å². The number of carbonyl (C=O) groups excluding carboxylic acids is 1. The molecule has 0 aliphatic heterocycles. The minimum Gasteiger partial charge on any atom is -0.463 e. The number of methoxy groups -OCH3 is 1. The van der Waals surface area contributed by atoms with Gasteiger partial charge in [-0.3, -0.25) is 0 Å². The fraction of sp³-hybridized carbons (Fsp3) is 0.214. The van der Waals surface area contributed by atoms with Crippen molar-refractivity contribution >= 4 is 11.8 Å². The molecule has 0 unspecified atom stereocenters. The quantitative estimate of drug-likeness (QED) is 0.850. The lowest BCUT2D eigenvalue weighted by Crippen LogP contribution is -2.09. The molecule has 0 fully saturated rings. The molecule has 1 N–H and O–H groups in total. The molecule has 2 rings (SSSR count). The SMILES string of the molecule is COC(=O)c1nccc(NCc2ccc(C)cc2)n1. The highest BCUT2D eigenvalue weighted by Gasteiger charge is 2.09. The van der Waals surface area contributed by atoms with E-state index < -0.39 is 5.97 Å². The molecule has 5 nitrogen and oxygen atoms in total. The van der Waals surface area contributed by atoms with Crippen molar-refractivity contribution in [1.29, 1.82) is 0 Å². The zero-order valence-electron chi connectivity index (χ0n) is 10.9. The summed E-state index contributed by atoms with van der Waals surface area (Å²) < 4.78 is 4.58. The first-order valence-electron chi connectivity index (χ1n) is 5.90. The van der Waals surface area contributed by atoms with Gasteiger partial charge >= 0.3 is 5.97 Å². The second-order valence-electron chi connectivity index (χ2n) is 4.10. The van der Waals surface area contributed by atoms with Crippen LogP contribution < -0.4 is 5.32 Å². The summed E-state index contributed by atoms with van der Waals surface area (Å²) in [7, 11) is 1.30. The lowest BCUT2D eigenvalue weighted by Gasteiger charge is -2.06. The van der Waals surface area contributed by atoms with E-state index in [2.05, 4.69) is 32.2 Å². The summed E-state index contributed by atoms with van der Waals surface area (Å²) in [6.07, 6.45) is 1.52. The van der Waals surface area contributed by atoms with Crippen LogP contribution in [-0.2, 0) is 11.3 Å². The van der Waals surface area contributed by atoms with Crippen LogP contribution in [0.3, 0.4) is 0 Å². The molecular formula is C14H15N3O2. The van der Waals surface area contributed by atoms with Crippen molar-refractivity contribution in [2.75, 3.05) is 12.4 Å². The molecule has 0 aliphatic rings. The number of anilines is 1. The third-order valence-electron chi connectivity index (χ3n) is 2.62. The summed E-state index contributed by atoms with van der Waals surface area (Å²) >= 11 is 0. The maximum atomic E-state index is 11.3. The number of carbonyl (C=O) groups is 1. The number of esters is 1. The van der Waals surface area contributed by atoms with Crippen LogP contribution in [0.4, 0.5) is 5.82 Å². The second-order valence-corrected chi connectivity index (χ2v) is 4.10. The monoisotopic (exact) mass is 257 g/mol. The Morgan fingerprint density at radius 1 is 1.26 bits per heavy atom. The maximum absolute atomic E-state index is 11.3. The van der Waals surface area contributed by atoms with Crippen LogP contribution in [0.15, 0.2) is 36.5 Å². The first-order valence-corrected chi connectivity index (χ1v) is 5.90. The number of benzene rings is 1. The fourth-order valence-corrected chi connectivity index (χ4v) is 1.55. The molecule has 5 heteroatoms. The van der Waals surface area contributed by atoms with Crippen molar-refractivity contribution in [2.45, 2.75) is 13.5 Å². The van der Waals surface area contributed by atoms with Gasteiger partial charge in [0, 0.05) is 12.7 Å². The third-order valence-corrected chi connectivity index (χ3v) is 2.62. The van der Waals surface area contributed by atoms with Crippen LogP contribution in [-0.4, -0.2) is 23.0 Å². The molecule has 1 aromatic heterocycles. The largest absolute Gasteiger partial charge is 0.463 e. The van der Waals surface area contributed by atoms with Crippen molar-refractivity contribution in [3.05, 3.63) is 53.5 Å². The minimum absolute atomic E-state index is 0.0522. The standard InChI is InChI=1S/C14H15N3O2/c1-10-3-5-11(6-4-10)9-16-12-7-8-15-13(17-12)14(18)19-2/h3-8H,9H2,1-2H3,(H,15,16,17). The zero-order chi connectivity index (χ0) is 13.7. The highest BCUT2D eigenvalue weighted by Crippen LogP contribution is 2.08. The summed E-state index contributed by atoms with van der Waals surface area (Å²) in [4.78, 5) is 19.2. The lowest BCUT2D eigenvalue weighted by atomic mass is 10.1. The summed E-state index contributed by atoms with van der Waals surface area (Å²) in [5.74, 6) is 0.103. The first-order chi connectivity index (χ1) is 9.19. The molecule has 0 amide bonds. The minimum atomic E-state index is -0.543. The van der Waals surface area contributed by atoms with Crippen molar-refractivity contribution in [3.8, 4) is 0 Å². The number of nitrogens with one attached hydrogen (secondary N) is 1. The lowest BCUT2D eigenvalue weighted by molar-refractivity contribution is 0.0587. The first kappa shape index (κ1) is 13.0. The van der Waals surface area contributed by atoms with Crippen LogP contribution in [0.25, 0.3) is 0 Å². The van der Waals surface area contributed by atoms with Gasteiger partial charge in [0.2, 0.25) is 5.82 Å². The predicted molar refractivity (Wildman–Crippen MR) is 71.9 cm³/mol. The van der Waals surface area contributed by atoms with Gasteiger partial charge in [-0.2, -0.15) is 0 Å². The fourth-order valence-electron chi connectivity index (χ4n) is 1.55. The van der Waals surface area contributed by atoms with E-state index in [1.807, 2.05) is 19.1 Å². The second kappa shape index (κ2) is 5.95. The third kappa shape index (κ3) is 3.51. The highest BCUT2D eigenvalue weighted by atomic mass is 16.5. The summed E-state index contributed by atoms with van der Waals surface area (Å²) in [6.45, 7) is 2.68. The number of aryl methyl sites for hydroxylation is 1. The van der Waals surface area contributed by atoms with E-state index in [4.69, 9.17) is 0 Å². The number of ether oxygens (including phenoxy) is 1. The molecule has 2 aromatic rings. The van der Waals surface area contributed by atoms with Crippen LogP contribution in [0.1, 0.15) is 21.7 Å². The van der Waals surface area contributed by atoms with Gasteiger partial charge in [-0.1, -0.05) is 29.8 Å². The van der Waals surface area contributed by atoms with E-state index in [0.29, 0.717) is 12.4 Å². The van der Waals surface area contributed by atoms with Crippen LogP contribution in [0.5, 0.6) is 0 Å². The van der Waals surface area contributed by atoms with E-state index in [1.54, 1.807) is 6.07 Å². The number of nitrogens with zero attached hydrogens (tertiary/aromatic N) is 2. The molecule has 0 spiro atoms. The molecule has 0 bridgehead atoms. The van der Waals surface area contributed by atoms with Crippen LogP contribution in [0.2, 0.25) is 0 Å². The Hall–Kier alpha value is -2.43. The Labute approximate surface area is 111 Å². The van der Waals surface area contributed by atoms with Crippen molar-refractivity contribution < 1.29 is 9.53 Å². The van der Waals surface area contributed by atoms with E-state index >= 15 is 0 Å². The van der Waals surface area contributed by atoms with Crippen molar-refractivity contribution in [2.24, 2.45) is 0 Å². The van der Waals surface area contributed by atoms with Gasteiger partial charge in [-0.15, -0.1) is 0 Å². The summed E-state index contributed by atoms with van der Waals surface area (Å²) in [6, 6.07) is 9.91. The molecule has 19 heavy (non-hydrogen) atoms. The average molecular weight is 257 g/mol. The topological polar surface area (TPSA) is 64.1 Å². The van der Waals surface area contributed by atoms with Crippen molar-refractivity contribution in [3.63, 3.8) is 0 Å². The molecule has 0 radical (unpaired) electrons. The molecule has 0 saturated heterocycles. The van der Waals surface area contributed by atoms with Crippen molar-refractivity contribution in [1.82, 2.24) is 9.97 Å². The van der Waals surface area contributed by atoms with Gasteiger partial charge in [0.25, 0.3) is 0 Å². The Kier molecular flexibility index (Phi) is 4.07. The Morgan fingerprint density at radius 3 is 2.68 bits per heavy atom. The molecule has 1 heterocycles. The number of hydrogen-bond acceptors (Lipinski definition) is 5. The maximum Gasteiger partial charge on any atom is 0.376 e. The van der Waals surface area contributed by atoms with Gasteiger partial charge in [-0.05, 0) is 18.6 Å². The summed E-state index contributed by atoms with van der Waals surface area (Å²) in [5, 5.41) is 3.14. The van der Waals surface area contributed by atoms with Gasteiger partial charge in [0.1, 0.15) is 5.82 Å². The van der Waals surface area contributed by atoms with E-state index in [1.165, 1.54) is 18.9 Å². The zero-order valence-corrected chi connectivity index (χ0v) is 10.9. The predicted octanol–water partition coefficient (Wildman–Crippen LogP) is 2.18. The summed E-state index contributed by atoms with van der Waals surface area (Å²) in [5.41, 5.74) is 2.36. The Morgan fingerprint density at radius 2 is 2.00 bits per heavy atom. The highest BCUT2D eigenvalue weighted by molar-refractivity contribution is 5.85. The van der Waals surface area contributed by atoms with Crippen LogP contribution >= 0.6 is 0 Å². The Bertz CT molecular complexity index is 567. The molecule has 0 aliphatic carbocycles. The van der Waals surface area contributed by atoms with Gasteiger partial charge in [-0.25, -0.2) is 14.8 Å². The molecular weight excluding hydrogens is 242 g/mol. The molecule has 1 aromatic carbocycles. The van der Waals surface area contributed by atoms with E-state index in [-0.39, 0.29) is 5.82 Å². The normalized spacial score (nSPS) is 10.0. The molecule has 0 atom stereocenters. The van der Waals surface area contributed by atoms with Gasteiger partial charge < -0.3 is 10.1 Å². The van der Waals surface area contributed by atoms with E-state index in [9.17, 15) is 4.79 Å². The molecule has 0 saturated carbocycles. The smallest absolute Gasteiger partial charge is 0.376 e. The average Bonchev–Trinajstić information content (AvgIpc) is 2.46. The number of rotatable bonds is 4. The number of hydrogen-bond donors (Lipinski definition) is 1. The van der Waals surface area contributed by atoms with Gasteiger partial charge in [0.05, 0.1) is 7.11 Å². The Balaban J connectivity index is 2.03. The molecule has 98 valence electrons. The van der Waals surface area contributed by atoms with E-state index in [0.717, 1.165) is 5.56 Å². The number of aromatic nitrogens is 2. The van der Waals surface area contributed by atoms with Crippen LogP contribution in [0, 0.1) is 6.92 Å².